The SMILES string of the molecule is CCCC[C@H](N)C(=O)N1CCC(C)(C)C1. The van der Waals surface area contributed by atoms with Gasteiger partial charge in [-0.05, 0) is 18.3 Å². The van der Waals surface area contributed by atoms with Crippen LogP contribution in [0.25, 0.3) is 0 Å². The zero-order chi connectivity index (χ0) is 11.5. The number of nitrogens with two attached hydrogens (primary N) is 1. The molecule has 88 valence electrons. The average Bonchev–Trinajstić information content (AvgIpc) is 2.54. The van der Waals surface area contributed by atoms with Crippen LogP contribution in [-0.2, 0) is 4.79 Å². The van der Waals surface area contributed by atoms with E-state index in [1.54, 1.807) is 0 Å². The number of nitrogens with zero attached hydrogens (tertiary/aromatic N) is 1. The van der Waals surface area contributed by atoms with Gasteiger partial charge in [0.05, 0.1) is 6.04 Å². The second-order valence-corrected chi connectivity index (χ2v) is 5.42. The fourth-order valence-corrected chi connectivity index (χ4v) is 2.08. The maximum Gasteiger partial charge on any atom is 0.239 e. The third kappa shape index (κ3) is 3.49. The van der Waals surface area contributed by atoms with Crippen molar-refractivity contribution in [1.29, 1.82) is 0 Å². The molecule has 0 bridgehead atoms. The Morgan fingerprint density at radius 1 is 1.53 bits per heavy atom. The molecule has 1 aliphatic heterocycles. The second-order valence-electron chi connectivity index (χ2n) is 5.42. The maximum atomic E-state index is 11.9. The summed E-state index contributed by atoms with van der Waals surface area (Å²) in [4.78, 5) is 13.9. The van der Waals surface area contributed by atoms with Gasteiger partial charge in [0.2, 0.25) is 5.91 Å². The van der Waals surface area contributed by atoms with Gasteiger partial charge in [-0.15, -0.1) is 0 Å². The van der Waals surface area contributed by atoms with Crippen LogP contribution in [0.15, 0.2) is 0 Å². The van der Waals surface area contributed by atoms with E-state index >= 15 is 0 Å². The summed E-state index contributed by atoms with van der Waals surface area (Å²) in [5.74, 6) is 0.147. The number of amides is 1. The maximum absolute atomic E-state index is 11.9. The molecule has 1 amide bonds. The summed E-state index contributed by atoms with van der Waals surface area (Å²) >= 11 is 0. The first-order chi connectivity index (χ1) is 6.96. The lowest BCUT2D eigenvalue weighted by Gasteiger charge is -2.22. The normalized spacial score (nSPS) is 21.7. The molecule has 15 heavy (non-hydrogen) atoms. The highest BCUT2D eigenvalue weighted by molar-refractivity contribution is 5.81. The van der Waals surface area contributed by atoms with Gasteiger partial charge in [0, 0.05) is 13.1 Å². The van der Waals surface area contributed by atoms with Gasteiger partial charge >= 0.3 is 0 Å². The van der Waals surface area contributed by atoms with E-state index < -0.39 is 0 Å². The number of carbonyl (C=O) groups excluding carboxylic acids is 1. The number of hydrogen-bond donors (Lipinski definition) is 1. The molecule has 2 N–H and O–H groups in total. The minimum Gasteiger partial charge on any atom is -0.341 e. The minimum absolute atomic E-state index is 0.147. The summed E-state index contributed by atoms with van der Waals surface area (Å²) in [6.07, 6.45) is 4.07. The van der Waals surface area contributed by atoms with Gasteiger partial charge in [-0.3, -0.25) is 4.79 Å². The van der Waals surface area contributed by atoms with Crippen molar-refractivity contribution < 1.29 is 4.79 Å². The lowest BCUT2D eigenvalue weighted by atomic mass is 9.93. The molecule has 0 aromatic carbocycles. The molecule has 0 spiro atoms. The van der Waals surface area contributed by atoms with Crippen LogP contribution in [0.5, 0.6) is 0 Å². The van der Waals surface area contributed by atoms with E-state index in [1.165, 1.54) is 0 Å². The van der Waals surface area contributed by atoms with E-state index in [0.29, 0.717) is 0 Å². The van der Waals surface area contributed by atoms with Crippen LogP contribution in [0, 0.1) is 5.41 Å². The van der Waals surface area contributed by atoms with Crippen molar-refractivity contribution in [3.05, 3.63) is 0 Å². The fraction of sp³-hybridized carbons (Fsp3) is 0.917. The Balaban J connectivity index is 2.41. The molecule has 1 saturated heterocycles. The van der Waals surface area contributed by atoms with Crippen molar-refractivity contribution in [2.45, 2.75) is 52.5 Å². The van der Waals surface area contributed by atoms with Crippen molar-refractivity contribution in [3.63, 3.8) is 0 Å². The molecule has 0 radical (unpaired) electrons. The van der Waals surface area contributed by atoms with Gasteiger partial charge in [-0.1, -0.05) is 33.6 Å². The first kappa shape index (κ1) is 12.5. The Morgan fingerprint density at radius 3 is 2.67 bits per heavy atom. The topological polar surface area (TPSA) is 46.3 Å². The lowest BCUT2D eigenvalue weighted by molar-refractivity contribution is -0.132. The summed E-state index contributed by atoms with van der Waals surface area (Å²) in [5.41, 5.74) is 6.16. The Hall–Kier alpha value is -0.570. The predicted octanol–water partition coefficient (Wildman–Crippen LogP) is 1.76. The Kier molecular flexibility index (Phi) is 4.14. The van der Waals surface area contributed by atoms with Gasteiger partial charge in [-0.2, -0.15) is 0 Å². The fourth-order valence-electron chi connectivity index (χ4n) is 2.08. The molecule has 0 aliphatic carbocycles. The highest BCUT2D eigenvalue weighted by Crippen LogP contribution is 2.29. The van der Waals surface area contributed by atoms with Crippen LogP contribution in [0.3, 0.4) is 0 Å². The summed E-state index contributed by atoms with van der Waals surface area (Å²) in [6, 6.07) is -0.279. The van der Waals surface area contributed by atoms with Crippen LogP contribution >= 0.6 is 0 Å². The van der Waals surface area contributed by atoms with Crippen molar-refractivity contribution in [2.24, 2.45) is 11.1 Å². The number of rotatable bonds is 4. The highest BCUT2D eigenvalue weighted by Gasteiger charge is 2.33. The Bertz CT molecular complexity index is 226. The largest absolute Gasteiger partial charge is 0.341 e. The van der Waals surface area contributed by atoms with Crippen LogP contribution in [0.4, 0.5) is 0 Å². The first-order valence-corrected chi connectivity index (χ1v) is 6.00. The number of carbonyl (C=O) groups is 1. The molecular weight excluding hydrogens is 188 g/mol. The lowest BCUT2D eigenvalue weighted by Crippen LogP contribution is -2.43. The molecule has 1 aliphatic rings. The van der Waals surface area contributed by atoms with E-state index in [9.17, 15) is 4.79 Å². The van der Waals surface area contributed by atoms with Crippen molar-refractivity contribution in [1.82, 2.24) is 4.90 Å². The van der Waals surface area contributed by atoms with Gasteiger partial charge in [-0.25, -0.2) is 0 Å². The smallest absolute Gasteiger partial charge is 0.239 e. The van der Waals surface area contributed by atoms with Crippen molar-refractivity contribution in [3.8, 4) is 0 Å². The summed E-state index contributed by atoms with van der Waals surface area (Å²) in [5, 5.41) is 0. The van der Waals surface area contributed by atoms with E-state index in [-0.39, 0.29) is 17.4 Å². The van der Waals surface area contributed by atoms with E-state index in [0.717, 1.165) is 38.8 Å². The molecule has 0 unspecified atom stereocenters. The summed E-state index contributed by atoms with van der Waals surface area (Å²) < 4.78 is 0. The monoisotopic (exact) mass is 212 g/mol. The molecule has 1 fully saturated rings. The van der Waals surface area contributed by atoms with E-state index in [4.69, 9.17) is 5.73 Å². The molecule has 0 aromatic rings. The quantitative estimate of drug-likeness (QED) is 0.772. The second kappa shape index (κ2) is 4.97. The van der Waals surface area contributed by atoms with Crippen LogP contribution in [0.1, 0.15) is 46.5 Å². The number of likely N-dealkylation sites (tertiary alicyclic amines) is 1. The van der Waals surface area contributed by atoms with Gasteiger partial charge in [0.25, 0.3) is 0 Å². The van der Waals surface area contributed by atoms with E-state index in [2.05, 4.69) is 20.8 Å². The zero-order valence-corrected chi connectivity index (χ0v) is 10.3. The highest BCUT2D eigenvalue weighted by atomic mass is 16.2. The molecule has 1 heterocycles. The van der Waals surface area contributed by atoms with Crippen LogP contribution in [-0.4, -0.2) is 29.9 Å². The number of unbranched alkanes of at least 4 members (excludes halogenated alkanes) is 1. The van der Waals surface area contributed by atoms with Crippen molar-refractivity contribution >= 4 is 5.91 Å². The van der Waals surface area contributed by atoms with Crippen molar-refractivity contribution in [2.75, 3.05) is 13.1 Å². The zero-order valence-electron chi connectivity index (χ0n) is 10.3. The Morgan fingerprint density at radius 2 is 2.20 bits per heavy atom. The molecule has 0 saturated carbocycles. The van der Waals surface area contributed by atoms with Gasteiger partial charge in [0.1, 0.15) is 0 Å². The minimum atomic E-state index is -0.279. The molecular formula is C12H24N2O. The predicted molar refractivity (Wildman–Crippen MR) is 62.5 cm³/mol. The molecule has 1 atom stereocenters. The standard InChI is InChI=1S/C12H24N2O/c1-4-5-6-10(13)11(15)14-8-7-12(2,3)9-14/h10H,4-9,13H2,1-3H3/t10-/m0/s1. The third-order valence-corrected chi connectivity index (χ3v) is 3.17. The van der Waals surface area contributed by atoms with E-state index in [1.807, 2.05) is 4.90 Å². The first-order valence-electron chi connectivity index (χ1n) is 6.00. The molecule has 3 heteroatoms. The van der Waals surface area contributed by atoms with Crippen LogP contribution < -0.4 is 5.73 Å². The molecule has 0 aromatic heterocycles. The average molecular weight is 212 g/mol. The van der Waals surface area contributed by atoms with Gasteiger partial charge in [0.15, 0.2) is 0 Å². The third-order valence-electron chi connectivity index (χ3n) is 3.17. The Labute approximate surface area is 93.0 Å². The van der Waals surface area contributed by atoms with Gasteiger partial charge < -0.3 is 10.6 Å². The number of hydrogen-bond acceptors (Lipinski definition) is 2. The summed E-state index contributed by atoms with van der Waals surface area (Å²) in [6.45, 7) is 8.28. The van der Waals surface area contributed by atoms with Crippen LogP contribution in [0.2, 0.25) is 0 Å². The summed E-state index contributed by atoms with van der Waals surface area (Å²) in [7, 11) is 0. The molecule has 3 nitrogen and oxygen atoms in total. The molecule has 1 rings (SSSR count).